The van der Waals surface area contributed by atoms with Gasteiger partial charge >= 0.3 is 0 Å². The summed E-state index contributed by atoms with van der Waals surface area (Å²) in [6, 6.07) is 20.9. The maximum absolute atomic E-state index is 10.0. The van der Waals surface area contributed by atoms with Gasteiger partial charge < -0.3 is 4.57 Å². The molecule has 0 saturated carbocycles. The second-order valence-corrected chi connectivity index (χ2v) is 9.39. The zero-order chi connectivity index (χ0) is 22.4. The van der Waals surface area contributed by atoms with E-state index in [1.807, 2.05) is 43.4 Å². The first kappa shape index (κ1) is 20.0. The molecule has 0 aliphatic heterocycles. The number of hydrogen-bond donors (Lipinski definition) is 0. The van der Waals surface area contributed by atoms with Gasteiger partial charge in [-0.2, -0.15) is 5.26 Å². The number of benzene rings is 2. The Morgan fingerprint density at radius 1 is 0.970 bits per heavy atom. The third-order valence-corrected chi connectivity index (χ3v) is 7.61. The van der Waals surface area contributed by atoms with Crippen molar-refractivity contribution in [3.8, 4) is 6.07 Å². The molecule has 0 fully saturated rings. The fourth-order valence-corrected chi connectivity index (χ4v) is 5.89. The highest BCUT2D eigenvalue weighted by Crippen LogP contribution is 2.39. The molecule has 1 aliphatic rings. The van der Waals surface area contributed by atoms with E-state index in [2.05, 4.69) is 43.4 Å². The van der Waals surface area contributed by atoms with Crippen molar-refractivity contribution < 1.29 is 0 Å². The van der Waals surface area contributed by atoms with Crippen molar-refractivity contribution in [1.82, 2.24) is 24.1 Å². The number of para-hydroxylation sites is 2. The summed E-state index contributed by atoms with van der Waals surface area (Å²) in [7, 11) is 2.03. The molecule has 0 spiro atoms. The van der Waals surface area contributed by atoms with Crippen molar-refractivity contribution in [3.63, 3.8) is 0 Å². The Balaban J connectivity index is 1.53. The molecule has 0 N–H and O–H groups in total. The number of nitriles is 1. The first-order valence-corrected chi connectivity index (χ1v) is 12.0. The van der Waals surface area contributed by atoms with E-state index in [4.69, 9.17) is 4.98 Å². The number of hydrogen-bond acceptors (Lipinski definition) is 5. The number of nitrogens with zero attached hydrogens (tertiary/aromatic N) is 6. The van der Waals surface area contributed by atoms with Crippen molar-refractivity contribution in [2.75, 3.05) is 0 Å². The summed E-state index contributed by atoms with van der Waals surface area (Å²) in [6.45, 7) is 0. The Hall–Kier alpha value is -3.63. The second-order valence-electron chi connectivity index (χ2n) is 8.44. The van der Waals surface area contributed by atoms with E-state index in [9.17, 15) is 5.26 Å². The first-order valence-electron chi connectivity index (χ1n) is 11.2. The van der Waals surface area contributed by atoms with Gasteiger partial charge in [-0.3, -0.25) is 4.40 Å². The number of rotatable bonds is 4. The van der Waals surface area contributed by atoms with Gasteiger partial charge in [-0.1, -0.05) is 42.5 Å². The highest BCUT2D eigenvalue weighted by atomic mass is 32.2. The summed E-state index contributed by atoms with van der Waals surface area (Å²) >= 11 is 1.63. The fourth-order valence-electron chi connectivity index (χ4n) is 4.76. The molecule has 0 radical (unpaired) electrons. The summed E-state index contributed by atoms with van der Waals surface area (Å²) < 4.78 is 4.24. The van der Waals surface area contributed by atoms with Crippen molar-refractivity contribution in [2.24, 2.45) is 7.05 Å². The number of pyridine rings is 1. The molecule has 7 heteroatoms. The summed E-state index contributed by atoms with van der Waals surface area (Å²) in [4.78, 5) is 4.86. The minimum Gasteiger partial charge on any atom is -0.309 e. The molecule has 0 amide bonds. The van der Waals surface area contributed by atoms with Gasteiger partial charge in [0, 0.05) is 13.5 Å². The van der Waals surface area contributed by atoms with Gasteiger partial charge in [-0.15, -0.1) is 10.2 Å². The van der Waals surface area contributed by atoms with Crippen LogP contribution < -0.4 is 0 Å². The molecular formula is C26H22N6S. The summed E-state index contributed by atoms with van der Waals surface area (Å²) in [6.07, 6.45) is 4.85. The fraction of sp³-hybridized carbons (Fsp3) is 0.231. The molecule has 0 unspecified atom stereocenters. The molecule has 0 saturated heterocycles. The van der Waals surface area contributed by atoms with E-state index in [-0.39, 0.29) is 0 Å². The van der Waals surface area contributed by atoms with Crippen LogP contribution in [0.25, 0.3) is 16.7 Å². The van der Waals surface area contributed by atoms with E-state index < -0.39 is 0 Å². The zero-order valence-corrected chi connectivity index (χ0v) is 19.1. The average Bonchev–Trinajstić information content (AvgIpc) is 3.40. The highest BCUT2D eigenvalue weighted by Gasteiger charge is 2.26. The second kappa shape index (κ2) is 8.05. The zero-order valence-electron chi connectivity index (χ0n) is 18.3. The Morgan fingerprint density at radius 3 is 2.55 bits per heavy atom. The molecule has 0 atom stereocenters. The molecule has 6 nitrogen and oxygen atoms in total. The van der Waals surface area contributed by atoms with E-state index in [1.165, 1.54) is 11.1 Å². The van der Waals surface area contributed by atoms with Crippen LogP contribution in [0.2, 0.25) is 0 Å². The lowest BCUT2D eigenvalue weighted by Gasteiger charge is -2.22. The van der Waals surface area contributed by atoms with Crippen LogP contribution in [-0.4, -0.2) is 24.1 Å². The predicted octanol–water partition coefficient (Wildman–Crippen LogP) is 5.11. The van der Waals surface area contributed by atoms with Crippen molar-refractivity contribution in [2.45, 2.75) is 42.3 Å². The quantitative estimate of drug-likeness (QED) is 0.381. The topological polar surface area (TPSA) is 71.8 Å². The van der Waals surface area contributed by atoms with Crippen molar-refractivity contribution in [1.29, 1.82) is 5.26 Å². The van der Waals surface area contributed by atoms with Gasteiger partial charge in [0.25, 0.3) is 0 Å². The van der Waals surface area contributed by atoms with Crippen LogP contribution in [-0.2, 0) is 26.3 Å². The lowest BCUT2D eigenvalue weighted by Crippen LogP contribution is -2.12. The molecule has 162 valence electrons. The maximum Gasteiger partial charge on any atom is 0.197 e. The predicted molar refractivity (Wildman–Crippen MR) is 128 cm³/mol. The molecule has 3 aromatic heterocycles. The van der Waals surface area contributed by atoms with Crippen LogP contribution in [0.4, 0.5) is 0 Å². The van der Waals surface area contributed by atoms with Crippen molar-refractivity contribution in [3.05, 3.63) is 82.7 Å². The first-order chi connectivity index (χ1) is 16.2. The van der Waals surface area contributed by atoms with Crippen LogP contribution in [0, 0.1) is 11.3 Å². The van der Waals surface area contributed by atoms with Gasteiger partial charge in [-0.25, -0.2) is 4.98 Å². The van der Waals surface area contributed by atoms with E-state index in [1.54, 1.807) is 11.8 Å². The summed E-state index contributed by atoms with van der Waals surface area (Å²) in [5.74, 6) is 0.929. The molecule has 1 aliphatic carbocycles. The SMILES string of the molecule is Cn1c(Cc2ccccc2)nnc1Sc1c2c(c(C#N)c3nc4ccccc4n13)CCCC2. The number of imidazole rings is 1. The molecule has 3 heterocycles. The molecule has 6 rings (SSSR count). The maximum atomic E-state index is 10.0. The highest BCUT2D eigenvalue weighted by molar-refractivity contribution is 7.99. The standard InChI is InChI=1S/C26H22N6S/c1-31-23(15-17-9-3-2-4-10-17)29-30-26(31)33-25-19-12-6-5-11-18(19)20(16-27)24-28-21-13-7-8-14-22(21)32(24)25/h2-4,7-10,13-14H,5-6,11-12,15H2,1H3. The van der Waals surface area contributed by atoms with Gasteiger partial charge in [-0.05, 0) is 66.3 Å². The molecular weight excluding hydrogens is 428 g/mol. The third-order valence-electron chi connectivity index (χ3n) is 6.45. The van der Waals surface area contributed by atoms with E-state index in [0.29, 0.717) is 5.56 Å². The minimum absolute atomic E-state index is 0.716. The van der Waals surface area contributed by atoms with Gasteiger partial charge in [0.1, 0.15) is 11.9 Å². The molecule has 0 bridgehead atoms. The van der Waals surface area contributed by atoms with Gasteiger partial charge in [0.15, 0.2) is 10.8 Å². The van der Waals surface area contributed by atoms with Crippen molar-refractivity contribution >= 4 is 28.4 Å². The molecule has 5 aromatic rings. The Morgan fingerprint density at radius 2 is 1.73 bits per heavy atom. The van der Waals surface area contributed by atoms with E-state index >= 15 is 0 Å². The lowest BCUT2D eigenvalue weighted by molar-refractivity contribution is 0.663. The largest absolute Gasteiger partial charge is 0.309 e. The minimum atomic E-state index is 0.716. The number of aromatic nitrogens is 5. The number of fused-ring (bicyclic) bond motifs is 4. The lowest BCUT2D eigenvalue weighted by atomic mass is 9.90. The Labute approximate surface area is 195 Å². The van der Waals surface area contributed by atoms with Crippen LogP contribution >= 0.6 is 11.8 Å². The van der Waals surface area contributed by atoms with Gasteiger partial charge in [0.05, 0.1) is 21.6 Å². The summed E-state index contributed by atoms with van der Waals surface area (Å²) in [5, 5.41) is 21.0. The average molecular weight is 451 g/mol. The normalized spacial score (nSPS) is 13.3. The smallest absolute Gasteiger partial charge is 0.197 e. The van der Waals surface area contributed by atoms with Crippen LogP contribution in [0.5, 0.6) is 0 Å². The Bertz CT molecular complexity index is 1540. The van der Waals surface area contributed by atoms with Crippen LogP contribution in [0.1, 0.15) is 40.9 Å². The molecule has 2 aromatic carbocycles. The summed E-state index contributed by atoms with van der Waals surface area (Å²) in [5.41, 5.74) is 7.00. The monoisotopic (exact) mass is 450 g/mol. The van der Waals surface area contributed by atoms with E-state index in [0.717, 1.165) is 70.4 Å². The van der Waals surface area contributed by atoms with Crippen LogP contribution in [0.3, 0.4) is 0 Å². The molecule has 33 heavy (non-hydrogen) atoms. The van der Waals surface area contributed by atoms with Gasteiger partial charge in [0.2, 0.25) is 0 Å². The third kappa shape index (κ3) is 3.30. The van der Waals surface area contributed by atoms with Crippen LogP contribution in [0.15, 0.2) is 64.8 Å². The Kier molecular flexibility index (Phi) is 4.88.